The van der Waals surface area contributed by atoms with E-state index in [1.54, 1.807) is 11.3 Å². The highest BCUT2D eigenvalue weighted by Crippen LogP contribution is 2.34. The van der Waals surface area contributed by atoms with Gasteiger partial charge in [0, 0.05) is 31.9 Å². The van der Waals surface area contributed by atoms with Gasteiger partial charge in [0.2, 0.25) is 0 Å². The quantitative estimate of drug-likeness (QED) is 0.806. The summed E-state index contributed by atoms with van der Waals surface area (Å²) in [6.45, 7) is 6.36. The molecule has 2 fully saturated rings. The summed E-state index contributed by atoms with van der Waals surface area (Å²) >= 11 is 7.39. The minimum atomic E-state index is 0.717. The molecule has 1 aromatic carbocycles. The van der Waals surface area contributed by atoms with Crippen molar-refractivity contribution >= 4 is 45.2 Å². The van der Waals surface area contributed by atoms with Gasteiger partial charge in [0.1, 0.15) is 9.87 Å². The lowest BCUT2D eigenvalue weighted by atomic mass is 10.3. The third-order valence-corrected chi connectivity index (χ3v) is 5.99. The summed E-state index contributed by atoms with van der Waals surface area (Å²) in [6.07, 6.45) is 0. The van der Waals surface area contributed by atoms with Crippen LogP contribution in [-0.2, 0) is 9.47 Å². The van der Waals surface area contributed by atoms with Crippen molar-refractivity contribution in [2.24, 2.45) is 0 Å². The Morgan fingerprint density at radius 3 is 2.23 bits per heavy atom. The van der Waals surface area contributed by atoms with E-state index in [1.165, 1.54) is 0 Å². The molecule has 1 aromatic heterocycles. The lowest BCUT2D eigenvalue weighted by molar-refractivity contribution is 0.122. The summed E-state index contributed by atoms with van der Waals surface area (Å²) in [5.41, 5.74) is 0.992. The van der Waals surface area contributed by atoms with Crippen LogP contribution in [0.15, 0.2) is 30.3 Å². The SMILES string of the molecule is S=C(Nc1ccccc1)c1sc(N2CCOCC2)nc1N1CCOCC1. The Morgan fingerprint density at radius 2 is 1.58 bits per heavy atom. The van der Waals surface area contributed by atoms with E-state index in [1.807, 2.05) is 30.3 Å². The van der Waals surface area contributed by atoms with E-state index in [-0.39, 0.29) is 0 Å². The molecule has 3 heterocycles. The van der Waals surface area contributed by atoms with Crippen LogP contribution in [0.25, 0.3) is 0 Å². The van der Waals surface area contributed by atoms with Crippen LogP contribution < -0.4 is 15.1 Å². The number of para-hydroxylation sites is 1. The van der Waals surface area contributed by atoms with E-state index >= 15 is 0 Å². The molecular weight excluding hydrogens is 368 g/mol. The highest BCUT2D eigenvalue weighted by molar-refractivity contribution is 7.81. The Labute approximate surface area is 162 Å². The maximum atomic E-state index is 5.73. The molecule has 26 heavy (non-hydrogen) atoms. The number of aromatic nitrogens is 1. The van der Waals surface area contributed by atoms with Crippen molar-refractivity contribution in [1.29, 1.82) is 0 Å². The number of nitrogens with one attached hydrogen (secondary N) is 1. The fraction of sp³-hybridized carbons (Fsp3) is 0.444. The van der Waals surface area contributed by atoms with Gasteiger partial charge in [-0.1, -0.05) is 41.8 Å². The number of anilines is 3. The summed E-state index contributed by atoms with van der Waals surface area (Å²) in [5.74, 6) is 0.966. The summed E-state index contributed by atoms with van der Waals surface area (Å²) in [4.78, 5) is 11.3. The minimum absolute atomic E-state index is 0.717. The van der Waals surface area contributed by atoms with Crippen LogP contribution in [-0.4, -0.2) is 62.6 Å². The second kappa shape index (κ2) is 8.30. The van der Waals surface area contributed by atoms with Crippen LogP contribution in [0.1, 0.15) is 4.88 Å². The van der Waals surface area contributed by atoms with Crippen molar-refractivity contribution < 1.29 is 9.47 Å². The molecule has 6 nitrogen and oxygen atoms in total. The van der Waals surface area contributed by atoms with Crippen LogP contribution in [0.2, 0.25) is 0 Å². The van der Waals surface area contributed by atoms with Crippen molar-refractivity contribution in [3.8, 4) is 0 Å². The van der Waals surface area contributed by atoms with Gasteiger partial charge in [-0.2, -0.15) is 0 Å². The van der Waals surface area contributed by atoms with Crippen molar-refractivity contribution in [3.63, 3.8) is 0 Å². The molecule has 4 rings (SSSR count). The van der Waals surface area contributed by atoms with Crippen LogP contribution in [0, 0.1) is 0 Å². The monoisotopic (exact) mass is 390 g/mol. The largest absolute Gasteiger partial charge is 0.378 e. The topological polar surface area (TPSA) is 49.9 Å². The van der Waals surface area contributed by atoms with Gasteiger partial charge in [-0.3, -0.25) is 0 Å². The van der Waals surface area contributed by atoms with Crippen LogP contribution >= 0.6 is 23.6 Å². The Morgan fingerprint density at radius 1 is 0.962 bits per heavy atom. The molecular formula is C18H22N4O2S2. The molecule has 2 aromatic rings. The summed E-state index contributed by atoms with van der Waals surface area (Å²) in [5, 5.41) is 4.37. The lowest BCUT2D eigenvalue weighted by Gasteiger charge is -2.28. The third-order valence-electron chi connectivity index (χ3n) is 4.43. The molecule has 0 bridgehead atoms. The standard InChI is InChI=1S/C18H22N4O2S2/c25-17(19-14-4-2-1-3-5-14)15-16(21-6-10-23-11-7-21)20-18(26-15)22-8-12-24-13-9-22/h1-5H,6-13H2,(H,19,25). The van der Waals surface area contributed by atoms with E-state index in [9.17, 15) is 0 Å². The first-order valence-electron chi connectivity index (χ1n) is 8.84. The average molecular weight is 391 g/mol. The number of rotatable bonds is 4. The lowest BCUT2D eigenvalue weighted by Crippen LogP contribution is -2.38. The molecule has 8 heteroatoms. The van der Waals surface area contributed by atoms with Crippen molar-refractivity contribution in [1.82, 2.24) is 4.98 Å². The predicted molar refractivity (Wildman–Crippen MR) is 110 cm³/mol. The first kappa shape index (κ1) is 17.7. The predicted octanol–water partition coefficient (Wildman–Crippen LogP) is 2.60. The average Bonchev–Trinajstić information content (AvgIpc) is 3.16. The number of morpholine rings is 2. The van der Waals surface area contributed by atoms with E-state index in [0.29, 0.717) is 0 Å². The van der Waals surface area contributed by atoms with Crippen molar-refractivity contribution in [2.45, 2.75) is 0 Å². The zero-order valence-corrected chi connectivity index (χ0v) is 16.2. The Kier molecular flexibility index (Phi) is 5.64. The zero-order valence-electron chi connectivity index (χ0n) is 14.5. The number of hydrogen-bond acceptors (Lipinski definition) is 7. The molecule has 0 spiro atoms. The molecule has 1 N–H and O–H groups in total. The van der Waals surface area contributed by atoms with E-state index < -0.39 is 0 Å². The van der Waals surface area contributed by atoms with Gasteiger partial charge in [-0.15, -0.1) is 0 Å². The second-order valence-electron chi connectivity index (χ2n) is 6.17. The molecule has 0 saturated carbocycles. The van der Waals surface area contributed by atoms with Crippen molar-refractivity contribution in [2.75, 3.05) is 67.7 Å². The molecule has 0 amide bonds. The maximum absolute atomic E-state index is 5.73. The van der Waals surface area contributed by atoms with Gasteiger partial charge in [-0.25, -0.2) is 4.98 Å². The fourth-order valence-electron chi connectivity index (χ4n) is 3.04. The van der Waals surface area contributed by atoms with Gasteiger partial charge in [0.05, 0.1) is 26.4 Å². The Hall–Kier alpha value is -1.74. The first-order chi connectivity index (χ1) is 12.8. The van der Waals surface area contributed by atoms with Gasteiger partial charge < -0.3 is 24.6 Å². The molecule has 0 aliphatic carbocycles. The molecule has 2 aliphatic rings. The third kappa shape index (κ3) is 3.98. The van der Waals surface area contributed by atoms with Gasteiger partial charge in [-0.05, 0) is 12.1 Å². The molecule has 2 aliphatic heterocycles. The number of thiazole rings is 1. The molecule has 0 radical (unpaired) electrons. The highest BCUT2D eigenvalue weighted by Gasteiger charge is 2.25. The zero-order chi connectivity index (χ0) is 17.8. The smallest absolute Gasteiger partial charge is 0.188 e. The summed E-state index contributed by atoms with van der Waals surface area (Å²) in [6, 6.07) is 10.0. The maximum Gasteiger partial charge on any atom is 0.188 e. The van der Waals surface area contributed by atoms with Crippen molar-refractivity contribution in [3.05, 3.63) is 35.2 Å². The van der Waals surface area contributed by atoms with Gasteiger partial charge >= 0.3 is 0 Å². The minimum Gasteiger partial charge on any atom is -0.378 e. The van der Waals surface area contributed by atoms with Crippen LogP contribution in [0.3, 0.4) is 0 Å². The van der Waals surface area contributed by atoms with Gasteiger partial charge in [0.15, 0.2) is 10.9 Å². The highest BCUT2D eigenvalue weighted by atomic mass is 32.1. The van der Waals surface area contributed by atoms with Crippen LogP contribution in [0.5, 0.6) is 0 Å². The fourth-order valence-corrected chi connectivity index (χ4v) is 4.41. The number of hydrogen-bond donors (Lipinski definition) is 1. The number of nitrogens with zero attached hydrogens (tertiary/aromatic N) is 3. The number of ether oxygens (including phenoxy) is 2. The second-order valence-corrected chi connectivity index (χ2v) is 7.55. The molecule has 2 saturated heterocycles. The van der Waals surface area contributed by atoms with Crippen LogP contribution in [0.4, 0.5) is 16.6 Å². The molecule has 138 valence electrons. The number of thiocarbonyl (C=S) groups is 1. The molecule has 0 unspecified atom stereocenters. The van der Waals surface area contributed by atoms with E-state index in [0.717, 1.165) is 79.1 Å². The summed E-state index contributed by atoms with van der Waals surface area (Å²) in [7, 11) is 0. The Bertz CT molecular complexity index is 741. The normalized spacial score (nSPS) is 18.0. The Balaban J connectivity index is 1.61. The van der Waals surface area contributed by atoms with E-state index in [4.69, 9.17) is 26.7 Å². The molecule has 0 atom stereocenters. The van der Waals surface area contributed by atoms with E-state index in [2.05, 4.69) is 15.1 Å². The summed E-state index contributed by atoms with van der Waals surface area (Å²) < 4.78 is 11.0. The van der Waals surface area contributed by atoms with Gasteiger partial charge in [0.25, 0.3) is 0 Å². The first-order valence-corrected chi connectivity index (χ1v) is 10.1. The number of benzene rings is 1.